The molecule has 0 saturated heterocycles. The zero-order chi connectivity index (χ0) is 20.7. The Bertz CT molecular complexity index is 1140. The number of rotatable bonds is 2. The maximum Gasteiger partial charge on any atom is 0.159 e. The van der Waals surface area contributed by atoms with Crippen LogP contribution in [0.1, 0.15) is 36.6 Å². The van der Waals surface area contributed by atoms with Crippen LogP contribution in [0.3, 0.4) is 0 Å². The minimum Gasteiger partial charge on any atom is -0.298 e. The van der Waals surface area contributed by atoms with Crippen molar-refractivity contribution in [1.29, 1.82) is 5.26 Å². The summed E-state index contributed by atoms with van der Waals surface area (Å²) >= 11 is 0. The van der Waals surface area contributed by atoms with E-state index in [0.717, 1.165) is 35.2 Å². The lowest BCUT2D eigenvalue weighted by atomic mass is 9.51. The zero-order valence-electron chi connectivity index (χ0n) is 16.8. The first kappa shape index (κ1) is 18.6. The van der Waals surface area contributed by atoms with Crippen LogP contribution in [-0.4, -0.2) is 20.7 Å². The Kier molecular flexibility index (Phi) is 4.43. The van der Waals surface area contributed by atoms with Gasteiger partial charge in [-0.3, -0.25) is 9.78 Å². The number of fused-ring (bicyclic) bond motifs is 3. The maximum absolute atomic E-state index is 12.9. The lowest BCUT2D eigenvalue weighted by Crippen LogP contribution is -2.53. The monoisotopic (exact) mass is 394 g/mol. The molecule has 0 bridgehead atoms. The van der Waals surface area contributed by atoms with Gasteiger partial charge in [0, 0.05) is 35.5 Å². The fraction of sp³-hybridized carbons (Fsp3) is 0.320. The largest absolute Gasteiger partial charge is 0.298 e. The van der Waals surface area contributed by atoms with Crippen LogP contribution in [-0.2, 0) is 16.6 Å². The number of Topliss-reactive ketones (excluding diaryl/α,β-unsaturated/α-hetero) is 1. The quantitative estimate of drug-likeness (QED) is 0.653. The molecule has 2 aliphatic rings. The average molecular weight is 394 g/mol. The number of benzene rings is 1. The Morgan fingerprint density at radius 1 is 1.13 bits per heavy atom. The van der Waals surface area contributed by atoms with Crippen molar-refractivity contribution in [1.82, 2.24) is 15.0 Å². The predicted octanol–water partition coefficient (Wildman–Crippen LogP) is 4.14. The lowest BCUT2D eigenvalue weighted by Gasteiger charge is -2.51. The summed E-state index contributed by atoms with van der Waals surface area (Å²) in [6.45, 7) is 1.99. The molecule has 2 aromatic heterocycles. The number of nitriles is 1. The molecule has 148 valence electrons. The Balaban J connectivity index is 1.77. The molecule has 2 heterocycles. The number of hydrogen-bond donors (Lipinski definition) is 0. The van der Waals surface area contributed by atoms with Gasteiger partial charge in [0.15, 0.2) is 11.6 Å². The summed E-state index contributed by atoms with van der Waals surface area (Å²) < 4.78 is 0. The first-order valence-electron chi connectivity index (χ1n) is 10.4. The van der Waals surface area contributed by atoms with Crippen molar-refractivity contribution in [2.75, 3.05) is 0 Å². The van der Waals surface area contributed by atoms with E-state index in [-0.39, 0.29) is 17.6 Å². The number of carbonyl (C=O) groups excluding carboxylic acids is 1. The van der Waals surface area contributed by atoms with Crippen LogP contribution >= 0.6 is 0 Å². The van der Waals surface area contributed by atoms with Crippen molar-refractivity contribution >= 4 is 5.78 Å². The summed E-state index contributed by atoms with van der Waals surface area (Å²) in [7, 11) is 0. The summed E-state index contributed by atoms with van der Waals surface area (Å²) in [5.74, 6) is 0.0358. The minimum atomic E-state index is -0.623. The summed E-state index contributed by atoms with van der Waals surface area (Å²) in [5, 5.41) is 9.80. The van der Waals surface area contributed by atoms with Gasteiger partial charge in [0.1, 0.15) is 5.92 Å². The smallest absolute Gasteiger partial charge is 0.159 e. The molecule has 2 aliphatic carbocycles. The lowest BCUT2D eigenvalue weighted by molar-refractivity contribution is -0.131. The molecule has 5 nitrogen and oxygen atoms in total. The van der Waals surface area contributed by atoms with Gasteiger partial charge in [-0.25, -0.2) is 9.97 Å². The highest BCUT2D eigenvalue weighted by atomic mass is 16.1. The second-order valence-corrected chi connectivity index (χ2v) is 8.36. The van der Waals surface area contributed by atoms with Gasteiger partial charge in [-0.05, 0) is 48.4 Å². The van der Waals surface area contributed by atoms with E-state index in [1.165, 1.54) is 0 Å². The van der Waals surface area contributed by atoms with Crippen LogP contribution < -0.4 is 0 Å². The molecule has 1 unspecified atom stereocenters. The van der Waals surface area contributed by atoms with Crippen molar-refractivity contribution in [2.45, 2.75) is 31.6 Å². The van der Waals surface area contributed by atoms with Gasteiger partial charge in [-0.15, -0.1) is 0 Å². The number of carbonyl (C=O) groups is 1. The molecule has 0 aliphatic heterocycles. The molecule has 1 saturated carbocycles. The first-order chi connectivity index (χ1) is 14.6. The van der Waals surface area contributed by atoms with Crippen LogP contribution in [0, 0.1) is 29.1 Å². The van der Waals surface area contributed by atoms with Gasteiger partial charge < -0.3 is 0 Å². The van der Waals surface area contributed by atoms with Crippen molar-refractivity contribution < 1.29 is 4.79 Å². The molecule has 0 radical (unpaired) electrons. The normalized spacial score (nSPS) is 27.6. The van der Waals surface area contributed by atoms with E-state index in [0.29, 0.717) is 12.2 Å². The maximum atomic E-state index is 12.9. The highest BCUT2D eigenvalue weighted by Crippen LogP contribution is 2.55. The van der Waals surface area contributed by atoms with Gasteiger partial charge in [-0.1, -0.05) is 37.3 Å². The second-order valence-electron chi connectivity index (χ2n) is 8.36. The Hall–Kier alpha value is -3.39. The van der Waals surface area contributed by atoms with Crippen molar-refractivity contribution in [3.8, 4) is 17.5 Å². The average Bonchev–Trinajstić information content (AvgIpc) is 2.82. The molecule has 3 aromatic rings. The third kappa shape index (κ3) is 2.68. The van der Waals surface area contributed by atoms with Gasteiger partial charge in [0.05, 0.1) is 11.8 Å². The molecule has 5 rings (SSSR count). The molecule has 0 N–H and O–H groups in total. The van der Waals surface area contributed by atoms with E-state index >= 15 is 0 Å². The summed E-state index contributed by atoms with van der Waals surface area (Å²) in [6, 6.07) is 16.4. The summed E-state index contributed by atoms with van der Waals surface area (Å²) in [6.07, 6.45) is 7.62. The van der Waals surface area contributed by atoms with Crippen molar-refractivity contribution in [3.63, 3.8) is 0 Å². The van der Waals surface area contributed by atoms with Crippen molar-refractivity contribution in [2.24, 2.45) is 17.8 Å². The fourth-order valence-electron chi connectivity index (χ4n) is 5.53. The number of aryl methyl sites for hydroxylation is 1. The van der Waals surface area contributed by atoms with Gasteiger partial charge in [0.25, 0.3) is 0 Å². The second kappa shape index (κ2) is 7.14. The van der Waals surface area contributed by atoms with Crippen LogP contribution in [0.4, 0.5) is 0 Å². The van der Waals surface area contributed by atoms with E-state index in [2.05, 4.69) is 28.2 Å². The topological polar surface area (TPSA) is 79.5 Å². The molecule has 30 heavy (non-hydrogen) atoms. The third-order valence-electron chi connectivity index (χ3n) is 6.95. The number of hydrogen-bond acceptors (Lipinski definition) is 5. The fourth-order valence-corrected chi connectivity index (χ4v) is 5.53. The summed E-state index contributed by atoms with van der Waals surface area (Å²) in [5.41, 5.74) is 3.68. The van der Waals surface area contributed by atoms with Crippen molar-refractivity contribution in [3.05, 3.63) is 77.9 Å². The van der Waals surface area contributed by atoms with Crippen LogP contribution in [0.2, 0.25) is 0 Å². The van der Waals surface area contributed by atoms with Gasteiger partial charge in [0.2, 0.25) is 0 Å². The summed E-state index contributed by atoms with van der Waals surface area (Å²) in [4.78, 5) is 26.7. The van der Waals surface area contributed by atoms with Gasteiger partial charge in [-0.2, -0.15) is 5.26 Å². The highest BCUT2D eigenvalue weighted by Gasteiger charge is 2.56. The standard InChI is InChI=1S/C25H22N4O/c1-16-21-8-7-18-15-28-24(17-9-11-27-12-10-17)29-23(18)25(21,13-19(14-26)22(16)30)20-5-3-2-4-6-20/h2-6,9-12,15-16,19,21H,7-8,13H2,1H3/t16-,19?,21-,25+/m0/s1. The Morgan fingerprint density at radius 2 is 1.90 bits per heavy atom. The number of ketones is 1. The van der Waals surface area contributed by atoms with E-state index in [4.69, 9.17) is 4.98 Å². The predicted molar refractivity (Wildman–Crippen MR) is 112 cm³/mol. The third-order valence-corrected chi connectivity index (χ3v) is 6.95. The molecule has 5 heteroatoms. The van der Waals surface area contributed by atoms with Crippen LogP contribution in [0.5, 0.6) is 0 Å². The Morgan fingerprint density at radius 3 is 2.63 bits per heavy atom. The SMILES string of the molecule is C[C@@H]1C(=O)C(C#N)C[C@]2(c3ccccc3)c3nc(-c4ccncc4)ncc3CC[C@@H]12. The van der Waals surface area contributed by atoms with Crippen LogP contribution in [0.25, 0.3) is 11.4 Å². The number of aromatic nitrogens is 3. The molecule has 4 atom stereocenters. The molecule has 0 spiro atoms. The molecule has 1 aromatic carbocycles. The van der Waals surface area contributed by atoms with Crippen LogP contribution in [0.15, 0.2) is 61.1 Å². The van der Waals surface area contributed by atoms with Gasteiger partial charge >= 0.3 is 0 Å². The zero-order valence-corrected chi connectivity index (χ0v) is 16.8. The molecular formula is C25H22N4O. The molecular weight excluding hydrogens is 372 g/mol. The van der Waals surface area contributed by atoms with E-state index in [1.807, 2.05) is 43.5 Å². The number of nitrogens with zero attached hydrogens (tertiary/aromatic N) is 4. The highest BCUT2D eigenvalue weighted by molar-refractivity contribution is 5.87. The first-order valence-corrected chi connectivity index (χ1v) is 10.4. The molecule has 0 amide bonds. The number of pyridine rings is 1. The van der Waals surface area contributed by atoms with E-state index in [1.54, 1.807) is 12.4 Å². The molecule has 1 fully saturated rings. The van der Waals surface area contributed by atoms with E-state index < -0.39 is 11.3 Å². The van der Waals surface area contributed by atoms with E-state index in [9.17, 15) is 10.1 Å². The Labute approximate surface area is 175 Å². The minimum absolute atomic E-state index is 0.0703.